The van der Waals surface area contributed by atoms with Gasteiger partial charge in [-0.1, -0.05) is 6.92 Å². The van der Waals surface area contributed by atoms with Crippen LogP contribution >= 0.6 is 0 Å². The summed E-state index contributed by atoms with van der Waals surface area (Å²) in [7, 11) is 0. The second-order valence-corrected chi connectivity index (χ2v) is 7.76. The Balaban J connectivity index is 1.63. The number of nitrogens with one attached hydrogen (secondary N) is 1. The molecule has 0 radical (unpaired) electrons. The van der Waals surface area contributed by atoms with Crippen molar-refractivity contribution in [3.8, 4) is 0 Å². The molecule has 20 heavy (non-hydrogen) atoms. The first-order valence-corrected chi connectivity index (χ1v) is 8.02. The summed E-state index contributed by atoms with van der Waals surface area (Å²) in [6, 6.07) is 0. The van der Waals surface area contributed by atoms with E-state index in [1.807, 2.05) is 0 Å². The SMILES string of the molecule is CC1CC1c1ncc2c(n1)CCC(CNC(C)(C)C)C2. The van der Waals surface area contributed by atoms with Crippen LogP contribution in [-0.4, -0.2) is 22.1 Å². The summed E-state index contributed by atoms with van der Waals surface area (Å²) in [6.45, 7) is 10.1. The maximum atomic E-state index is 4.84. The molecule has 1 saturated carbocycles. The van der Waals surface area contributed by atoms with Crippen molar-refractivity contribution in [1.82, 2.24) is 15.3 Å². The fraction of sp³-hybridized carbons (Fsp3) is 0.765. The van der Waals surface area contributed by atoms with E-state index >= 15 is 0 Å². The van der Waals surface area contributed by atoms with Crippen molar-refractivity contribution in [2.24, 2.45) is 11.8 Å². The molecular formula is C17H27N3. The molecule has 3 unspecified atom stereocenters. The number of rotatable bonds is 3. The molecule has 1 aromatic heterocycles. The molecule has 0 aromatic carbocycles. The largest absolute Gasteiger partial charge is 0.312 e. The Morgan fingerprint density at radius 3 is 2.75 bits per heavy atom. The Kier molecular flexibility index (Phi) is 3.57. The Bertz CT molecular complexity index is 489. The molecule has 0 saturated heterocycles. The molecule has 0 amide bonds. The molecule has 3 rings (SSSR count). The van der Waals surface area contributed by atoms with E-state index in [1.165, 1.54) is 24.1 Å². The van der Waals surface area contributed by atoms with E-state index in [4.69, 9.17) is 4.98 Å². The minimum atomic E-state index is 0.211. The number of nitrogens with zero attached hydrogens (tertiary/aromatic N) is 2. The lowest BCUT2D eigenvalue weighted by atomic mass is 9.86. The van der Waals surface area contributed by atoms with Crippen molar-refractivity contribution >= 4 is 0 Å². The number of aromatic nitrogens is 2. The minimum absolute atomic E-state index is 0.211. The summed E-state index contributed by atoms with van der Waals surface area (Å²) in [5.74, 6) is 3.26. The van der Waals surface area contributed by atoms with Crippen molar-refractivity contribution < 1.29 is 0 Å². The monoisotopic (exact) mass is 273 g/mol. The van der Waals surface area contributed by atoms with Gasteiger partial charge in [-0.15, -0.1) is 0 Å². The van der Waals surface area contributed by atoms with E-state index in [0.29, 0.717) is 5.92 Å². The second kappa shape index (κ2) is 5.10. The second-order valence-electron chi connectivity index (χ2n) is 7.76. The van der Waals surface area contributed by atoms with Crippen LogP contribution in [0.1, 0.15) is 63.5 Å². The molecule has 3 nitrogen and oxygen atoms in total. The van der Waals surface area contributed by atoms with Gasteiger partial charge in [-0.25, -0.2) is 9.97 Å². The van der Waals surface area contributed by atoms with Gasteiger partial charge >= 0.3 is 0 Å². The Hall–Kier alpha value is -0.960. The normalized spacial score (nSPS) is 29.1. The van der Waals surface area contributed by atoms with Gasteiger partial charge in [0.1, 0.15) is 5.82 Å². The number of aryl methyl sites for hydroxylation is 1. The van der Waals surface area contributed by atoms with Crippen LogP contribution in [-0.2, 0) is 12.8 Å². The van der Waals surface area contributed by atoms with Crippen LogP contribution in [0.5, 0.6) is 0 Å². The van der Waals surface area contributed by atoms with E-state index < -0.39 is 0 Å². The van der Waals surface area contributed by atoms with Crippen LogP contribution < -0.4 is 5.32 Å². The first-order valence-electron chi connectivity index (χ1n) is 8.02. The number of fused-ring (bicyclic) bond motifs is 1. The van der Waals surface area contributed by atoms with Gasteiger partial charge in [0, 0.05) is 23.3 Å². The first kappa shape index (κ1) is 14.0. The van der Waals surface area contributed by atoms with Gasteiger partial charge in [-0.3, -0.25) is 0 Å². The van der Waals surface area contributed by atoms with E-state index in [9.17, 15) is 0 Å². The van der Waals surface area contributed by atoms with E-state index in [0.717, 1.165) is 37.0 Å². The summed E-state index contributed by atoms with van der Waals surface area (Å²) in [5.41, 5.74) is 2.91. The minimum Gasteiger partial charge on any atom is -0.312 e. The molecule has 1 fully saturated rings. The van der Waals surface area contributed by atoms with Crippen molar-refractivity contribution in [3.63, 3.8) is 0 Å². The molecule has 3 heteroatoms. The Morgan fingerprint density at radius 2 is 2.10 bits per heavy atom. The molecule has 1 aromatic rings. The highest BCUT2D eigenvalue weighted by Gasteiger charge is 2.37. The van der Waals surface area contributed by atoms with Crippen molar-refractivity contribution in [3.05, 3.63) is 23.3 Å². The maximum Gasteiger partial charge on any atom is 0.131 e. The zero-order valence-electron chi connectivity index (χ0n) is 13.2. The van der Waals surface area contributed by atoms with Crippen molar-refractivity contribution in [1.29, 1.82) is 0 Å². The predicted molar refractivity (Wildman–Crippen MR) is 81.8 cm³/mol. The molecule has 0 bridgehead atoms. The summed E-state index contributed by atoms with van der Waals surface area (Å²) in [5, 5.41) is 3.63. The van der Waals surface area contributed by atoms with Crippen LogP contribution in [0, 0.1) is 11.8 Å². The Labute approximate surface area is 122 Å². The average molecular weight is 273 g/mol. The van der Waals surface area contributed by atoms with Gasteiger partial charge in [0.25, 0.3) is 0 Å². The molecule has 2 aliphatic carbocycles. The van der Waals surface area contributed by atoms with Crippen LogP contribution in [0.15, 0.2) is 6.20 Å². The van der Waals surface area contributed by atoms with Gasteiger partial charge < -0.3 is 5.32 Å². The fourth-order valence-electron chi connectivity index (χ4n) is 3.08. The molecule has 110 valence electrons. The maximum absolute atomic E-state index is 4.84. The third-order valence-corrected chi connectivity index (χ3v) is 4.63. The van der Waals surface area contributed by atoms with Crippen molar-refractivity contribution in [2.75, 3.05) is 6.54 Å². The third kappa shape index (κ3) is 3.20. The molecule has 1 heterocycles. The van der Waals surface area contributed by atoms with Gasteiger partial charge in [0.05, 0.1) is 0 Å². The molecule has 1 N–H and O–H groups in total. The zero-order chi connectivity index (χ0) is 14.3. The van der Waals surface area contributed by atoms with Crippen molar-refractivity contribution in [2.45, 2.75) is 64.8 Å². The standard InChI is InChI=1S/C17H27N3/c1-11-7-14(11)16-18-10-13-8-12(5-6-15(13)20-16)9-19-17(2,3)4/h10-12,14,19H,5-9H2,1-4H3. The Morgan fingerprint density at radius 1 is 1.35 bits per heavy atom. The highest BCUT2D eigenvalue weighted by Crippen LogP contribution is 2.45. The van der Waals surface area contributed by atoms with Crippen LogP contribution in [0.4, 0.5) is 0 Å². The highest BCUT2D eigenvalue weighted by molar-refractivity contribution is 5.24. The van der Waals surface area contributed by atoms with Crippen LogP contribution in [0.25, 0.3) is 0 Å². The highest BCUT2D eigenvalue weighted by atomic mass is 14.9. The molecular weight excluding hydrogens is 246 g/mol. The number of hydrogen-bond donors (Lipinski definition) is 1. The first-order chi connectivity index (χ1) is 9.42. The smallest absolute Gasteiger partial charge is 0.131 e. The lowest BCUT2D eigenvalue weighted by Crippen LogP contribution is -2.40. The summed E-state index contributed by atoms with van der Waals surface area (Å²) < 4.78 is 0. The molecule has 0 aliphatic heterocycles. The molecule has 0 spiro atoms. The van der Waals surface area contributed by atoms with Gasteiger partial charge in [-0.2, -0.15) is 0 Å². The summed E-state index contributed by atoms with van der Waals surface area (Å²) in [6.07, 6.45) is 6.90. The van der Waals surface area contributed by atoms with Gasteiger partial charge in [-0.05, 0) is 70.4 Å². The van der Waals surface area contributed by atoms with Crippen LogP contribution in [0.3, 0.4) is 0 Å². The lowest BCUT2D eigenvalue weighted by Gasteiger charge is -2.28. The van der Waals surface area contributed by atoms with E-state index in [1.54, 1.807) is 0 Å². The van der Waals surface area contributed by atoms with E-state index in [-0.39, 0.29) is 5.54 Å². The fourth-order valence-corrected chi connectivity index (χ4v) is 3.08. The van der Waals surface area contributed by atoms with Gasteiger partial charge in [0.2, 0.25) is 0 Å². The quantitative estimate of drug-likeness (QED) is 0.919. The third-order valence-electron chi connectivity index (χ3n) is 4.63. The predicted octanol–water partition coefficient (Wildman–Crippen LogP) is 3.09. The van der Waals surface area contributed by atoms with E-state index in [2.05, 4.69) is 44.2 Å². The zero-order valence-corrected chi connectivity index (χ0v) is 13.2. The summed E-state index contributed by atoms with van der Waals surface area (Å²) in [4.78, 5) is 9.45. The number of hydrogen-bond acceptors (Lipinski definition) is 3. The van der Waals surface area contributed by atoms with Gasteiger partial charge in [0.15, 0.2) is 0 Å². The average Bonchev–Trinajstić information content (AvgIpc) is 3.12. The molecule has 3 atom stereocenters. The molecule has 2 aliphatic rings. The van der Waals surface area contributed by atoms with Crippen LogP contribution in [0.2, 0.25) is 0 Å². The summed E-state index contributed by atoms with van der Waals surface area (Å²) >= 11 is 0. The topological polar surface area (TPSA) is 37.8 Å². The lowest BCUT2D eigenvalue weighted by molar-refractivity contribution is 0.346.